The number of primary amides is 1. The molecule has 2 heterocycles. The summed E-state index contributed by atoms with van der Waals surface area (Å²) in [4.78, 5) is 25.9. The highest BCUT2D eigenvalue weighted by molar-refractivity contribution is 7.10. The summed E-state index contributed by atoms with van der Waals surface area (Å²) >= 11 is 1.52. The molecule has 23 heavy (non-hydrogen) atoms. The zero-order chi connectivity index (χ0) is 17.0. The summed E-state index contributed by atoms with van der Waals surface area (Å²) in [6, 6.07) is 1.82. The molecule has 128 valence electrons. The number of nitrogens with two attached hydrogens (primary N) is 1. The van der Waals surface area contributed by atoms with Crippen LogP contribution >= 0.6 is 11.3 Å². The van der Waals surface area contributed by atoms with Crippen LogP contribution < -0.4 is 11.1 Å². The van der Waals surface area contributed by atoms with Gasteiger partial charge in [-0.15, -0.1) is 11.3 Å². The van der Waals surface area contributed by atoms with Gasteiger partial charge in [0.1, 0.15) is 5.60 Å². The third-order valence-electron chi connectivity index (χ3n) is 3.61. The number of nitrogens with one attached hydrogen (secondary N) is 1. The van der Waals surface area contributed by atoms with Crippen LogP contribution in [0.1, 0.15) is 42.4 Å². The van der Waals surface area contributed by atoms with Crippen molar-refractivity contribution in [1.82, 2.24) is 10.2 Å². The predicted molar refractivity (Wildman–Crippen MR) is 90.5 cm³/mol. The molecule has 0 aromatic carbocycles. The second-order valence-corrected chi connectivity index (χ2v) is 7.87. The molecule has 6 nitrogen and oxygen atoms in total. The van der Waals surface area contributed by atoms with Gasteiger partial charge in [0.2, 0.25) is 5.91 Å². The third-order valence-corrected chi connectivity index (χ3v) is 4.54. The van der Waals surface area contributed by atoms with Gasteiger partial charge in [-0.05, 0) is 39.2 Å². The van der Waals surface area contributed by atoms with Crippen molar-refractivity contribution in [2.45, 2.75) is 39.3 Å². The van der Waals surface area contributed by atoms with Crippen molar-refractivity contribution in [2.75, 3.05) is 19.6 Å². The summed E-state index contributed by atoms with van der Waals surface area (Å²) in [5.41, 5.74) is 5.35. The Morgan fingerprint density at radius 2 is 2.22 bits per heavy atom. The second-order valence-electron chi connectivity index (χ2n) is 6.88. The van der Waals surface area contributed by atoms with Crippen LogP contribution in [-0.2, 0) is 11.3 Å². The Balaban J connectivity index is 1.71. The molecule has 3 N–H and O–H groups in total. The summed E-state index contributed by atoms with van der Waals surface area (Å²) < 4.78 is 5.39. The molecule has 7 heteroatoms. The largest absolute Gasteiger partial charge is 0.444 e. The van der Waals surface area contributed by atoms with Crippen molar-refractivity contribution in [3.05, 3.63) is 21.9 Å². The molecular weight excluding hydrogens is 314 g/mol. The Morgan fingerprint density at radius 1 is 1.48 bits per heavy atom. The van der Waals surface area contributed by atoms with Crippen LogP contribution in [0, 0.1) is 5.92 Å². The Labute approximate surface area is 141 Å². The van der Waals surface area contributed by atoms with E-state index in [-0.39, 0.29) is 6.09 Å². The fourth-order valence-electron chi connectivity index (χ4n) is 2.49. The molecule has 1 saturated heterocycles. The van der Waals surface area contributed by atoms with Crippen molar-refractivity contribution >= 4 is 23.3 Å². The van der Waals surface area contributed by atoms with E-state index in [0.29, 0.717) is 18.0 Å². The molecule has 1 aromatic heterocycles. The smallest absolute Gasteiger partial charge is 0.410 e. The molecule has 1 aromatic rings. The van der Waals surface area contributed by atoms with E-state index in [9.17, 15) is 9.59 Å². The van der Waals surface area contributed by atoms with Gasteiger partial charge in [0.15, 0.2) is 0 Å². The van der Waals surface area contributed by atoms with Gasteiger partial charge in [0, 0.05) is 36.4 Å². The van der Waals surface area contributed by atoms with Crippen LogP contribution in [0.25, 0.3) is 0 Å². The zero-order valence-electron chi connectivity index (χ0n) is 13.9. The summed E-state index contributed by atoms with van der Waals surface area (Å²) in [5.74, 6) is 0.0365. The number of rotatable bonds is 5. The molecule has 0 saturated carbocycles. The van der Waals surface area contributed by atoms with E-state index in [1.165, 1.54) is 11.3 Å². The predicted octanol–water partition coefficient (Wildman–Crippen LogP) is 2.19. The topological polar surface area (TPSA) is 84.7 Å². The van der Waals surface area contributed by atoms with E-state index in [4.69, 9.17) is 10.5 Å². The van der Waals surface area contributed by atoms with Gasteiger partial charge < -0.3 is 20.7 Å². The first-order valence-electron chi connectivity index (χ1n) is 7.80. The monoisotopic (exact) mass is 339 g/mol. The highest BCUT2D eigenvalue weighted by atomic mass is 32.1. The van der Waals surface area contributed by atoms with Crippen LogP contribution in [-0.4, -0.2) is 42.1 Å². The number of amides is 2. The van der Waals surface area contributed by atoms with E-state index >= 15 is 0 Å². The molecule has 1 fully saturated rings. The third kappa shape index (κ3) is 5.51. The Bertz CT molecular complexity index is 565. The van der Waals surface area contributed by atoms with Gasteiger partial charge in [-0.1, -0.05) is 0 Å². The Hall–Kier alpha value is -1.60. The van der Waals surface area contributed by atoms with Gasteiger partial charge in [-0.25, -0.2) is 4.79 Å². The maximum Gasteiger partial charge on any atom is 0.410 e. The molecule has 1 unspecified atom stereocenters. The van der Waals surface area contributed by atoms with Crippen LogP contribution in [0.5, 0.6) is 0 Å². The number of carbonyl (C=O) groups is 2. The van der Waals surface area contributed by atoms with Crippen LogP contribution in [0.3, 0.4) is 0 Å². The molecule has 2 amide bonds. The number of thiophene rings is 1. The van der Waals surface area contributed by atoms with E-state index in [1.54, 1.807) is 10.3 Å². The molecule has 1 aliphatic heterocycles. The van der Waals surface area contributed by atoms with Gasteiger partial charge >= 0.3 is 6.09 Å². The fourth-order valence-corrected chi connectivity index (χ4v) is 3.34. The normalized spacial score (nSPS) is 18.2. The number of likely N-dealkylation sites (tertiary alicyclic amines) is 1. The minimum Gasteiger partial charge on any atom is -0.444 e. The van der Waals surface area contributed by atoms with Crippen LogP contribution in [0.15, 0.2) is 11.4 Å². The van der Waals surface area contributed by atoms with Crippen molar-refractivity contribution in [3.8, 4) is 0 Å². The maximum atomic E-state index is 12.0. The molecular formula is C16H25N3O3S. The average Bonchev–Trinajstić information content (AvgIpc) is 3.05. The van der Waals surface area contributed by atoms with Gasteiger partial charge in [0.05, 0.1) is 5.56 Å². The highest BCUT2D eigenvalue weighted by Crippen LogP contribution is 2.19. The van der Waals surface area contributed by atoms with Crippen LogP contribution in [0.2, 0.25) is 0 Å². The van der Waals surface area contributed by atoms with E-state index in [2.05, 4.69) is 5.32 Å². The van der Waals surface area contributed by atoms with Gasteiger partial charge in [-0.2, -0.15) is 0 Å². The summed E-state index contributed by atoms with van der Waals surface area (Å²) in [6.45, 7) is 8.64. The van der Waals surface area contributed by atoms with E-state index < -0.39 is 11.5 Å². The van der Waals surface area contributed by atoms with E-state index in [0.717, 1.165) is 30.9 Å². The average molecular weight is 339 g/mol. The van der Waals surface area contributed by atoms with Crippen molar-refractivity contribution in [2.24, 2.45) is 11.7 Å². The molecule has 0 spiro atoms. The first kappa shape index (κ1) is 17.7. The first-order valence-corrected chi connectivity index (χ1v) is 8.68. The number of ether oxygens (including phenoxy) is 1. The zero-order valence-corrected chi connectivity index (χ0v) is 14.7. The lowest BCUT2D eigenvalue weighted by Crippen LogP contribution is -2.36. The van der Waals surface area contributed by atoms with Crippen molar-refractivity contribution in [3.63, 3.8) is 0 Å². The van der Waals surface area contributed by atoms with Gasteiger partial charge in [-0.3, -0.25) is 4.79 Å². The number of nitrogens with zero attached hydrogens (tertiary/aromatic N) is 1. The van der Waals surface area contributed by atoms with E-state index in [1.807, 2.05) is 26.8 Å². The SMILES string of the molecule is CC(C)(C)OC(=O)N1CCC(CNCc2cc(C(N)=O)cs2)C1. The first-order chi connectivity index (χ1) is 10.7. The fraction of sp³-hybridized carbons (Fsp3) is 0.625. The molecule has 0 radical (unpaired) electrons. The second kappa shape index (κ2) is 7.31. The van der Waals surface area contributed by atoms with Crippen molar-refractivity contribution in [1.29, 1.82) is 0 Å². The van der Waals surface area contributed by atoms with Gasteiger partial charge in [0.25, 0.3) is 0 Å². The van der Waals surface area contributed by atoms with Crippen molar-refractivity contribution < 1.29 is 14.3 Å². The number of carbonyl (C=O) groups excluding carboxylic acids is 2. The summed E-state index contributed by atoms with van der Waals surface area (Å²) in [7, 11) is 0. The minimum absolute atomic E-state index is 0.232. The lowest BCUT2D eigenvalue weighted by Gasteiger charge is -2.24. The number of hydrogen-bond acceptors (Lipinski definition) is 5. The lowest BCUT2D eigenvalue weighted by molar-refractivity contribution is 0.0288. The van der Waals surface area contributed by atoms with Crippen LogP contribution in [0.4, 0.5) is 4.79 Å². The quantitative estimate of drug-likeness (QED) is 0.861. The summed E-state index contributed by atoms with van der Waals surface area (Å²) in [6.07, 6.45) is 0.743. The highest BCUT2D eigenvalue weighted by Gasteiger charge is 2.29. The Kier molecular flexibility index (Phi) is 5.64. The minimum atomic E-state index is -0.454. The standard InChI is InChI=1S/C16H25N3O3S/c1-16(2,3)22-15(21)19-5-4-11(9-19)7-18-8-13-6-12(10-23-13)14(17)20/h6,10-11,18H,4-5,7-9H2,1-3H3,(H2,17,20). The molecule has 0 bridgehead atoms. The number of hydrogen-bond donors (Lipinski definition) is 2. The molecule has 0 aliphatic carbocycles. The Morgan fingerprint density at radius 3 is 2.83 bits per heavy atom. The maximum absolute atomic E-state index is 12.0. The molecule has 1 atom stereocenters. The molecule has 1 aliphatic rings. The summed E-state index contributed by atoms with van der Waals surface area (Å²) in [5, 5.41) is 5.16. The lowest BCUT2D eigenvalue weighted by atomic mass is 10.1. The molecule has 2 rings (SSSR count).